The van der Waals surface area contributed by atoms with Gasteiger partial charge in [0.15, 0.2) is 0 Å². The molecule has 2 aromatic rings. The summed E-state index contributed by atoms with van der Waals surface area (Å²) >= 11 is 0. The third kappa shape index (κ3) is 3.06. The van der Waals surface area contributed by atoms with Gasteiger partial charge in [-0.15, -0.1) is 0 Å². The smallest absolute Gasteiger partial charge is 0.138 e. The van der Waals surface area contributed by atoms with Gasteiger partial charge < -0.3 is 4.52 Å². The lowest BCUT2D eigenvalue weighted by Gasteiger charge is -2.35. The maximum atomic E-state index is 5.28. The monoisotopic (exact) mass is 311 g/mol. The lowest BCUT2D eigenvalue weighted by molar-refractivity contribution is 0.119. The topological polar surface area (TPSA) is 32.5 Å². The molecule has 4 heteroatoms. The lowest BCUT2D eigenvalue weighted by atomic mass is 10.1. The van der Waals surface area contributed by atoms with Crippen LogP contribution in [0.25, 0.3) is 0 Å². The van der Waals surface area contributed by atoms with E-state index in [0.717, 1.165) is 43.0 Å². The van der Waals surface area contributed by atoms with Crippen LogP contribution in [-0.4, -0.2) is 47.2 Å². The normalized spacial score (nSPS) is 25.7. The first-order chi connectivity index (χ1) is 11.2. The largest absolute Gasteiger partial charge is 0.361 e. The summed E-state index contributed by atoms with van der Waals surface area (Å²) in [6, 6.07) is 11.7. The van der Waals surface area contributed by atoms with Crippen LogP contribution >= 0.6 is 0 Å². The summed E-state index contributed by atoms with van der Waals surface area (Å²) in [7, 11) is 0. The van der Waals surface area contributed by atoms with Crippen molar-refractivity contribution in [3.8, 4) is 0 Å². The molecule has 4 nitrogen and oxygen atoms in total. The lowest BCUT2D eigenvalue weighted by Crippen LogP contribution is -2.47. The van der Waals surface area contributed by atoms with Gasteiger partial charge in [-0.2, -0.15) is 0 Å². The molecule has 1 aliphatic carbocycles. The van der Waals surface area contributed by atoms with Crippen LogP contribution < -0.4 is 0 Å². The Hall–Kier alpha value is -1.65. The van der Waals surface area contributed by atoms with Crippen LogP contribution in [0.4, 0.5) is 0 Å². The number of aryl methyl sites for hydroxylation is 2. The molecule has 1 saturated carbocycles. The predicted octanol–water partition coefficient (Wildman–Crippen LogP) is 2.97. The quantitative estimate of drug-likeness (QED) is 0.869. The van der Waals surface area contributed by atoms with Crippen molar-refractivity contribution in [1.29, 1.82) is 0 Å². The van der Waals surface area contributed by atoms with E-state index in [9.17, 15) is 0 Å². The number of hydrogen-bond acceptors (Lipinski definition) is 4. The number of hydrogen-bond donors (Lipinski definition) is 0. The molecule has 2 atom stereocenters. The molecule has 0 spiro atoms. The van der Waals surface area contributed by atoms with Gasteiger partial charge in [-0.3, -0.25) is 9.80 Å². The molecule has 2 heterocycles. The van der Waals surface area contributed by atoms with Gasteiger partial charge in [0.25, 0.3) is 0 Å². The van der Waals surface area contributed by atoms with Crippen molar-refractivity contribution in [2.75, 3.05) is 26.2 Å². The first-order valence-electron chi connectivity index (χ1n) is 8.65. The first kappa shape index (κ1) is 14.9. The maximum absolute atomic E-state index is 5.28. The van der Waals surface area contributed by atoms with E-state index >= 15 is 0 Å². The highest BCUT2D eigenvalue weighted by Crippen LogP contribution is 2.44. The van der Waals surface area contributed by atoms with Crippen LogP contribution in [0.5, 0.6) is 0 Å². The average Bonchev–Trinajstić information content (AvgIpc) is 3.33. The van der Waals surface area contributed by atoms with E-state index in [2.05, 4.69) is 45.3 Å². The minimum atomic E-state index is 0.755. The summed E-state index contributed by atoms with van der Waals surface area (Å²) in [5.41, 5.74) is 3.82. The van der Waals surface area contributed by atoms with E-state index in [1.165, 1.54) is 30.6 Å². The molecule has 0 radical (unpaired) electrons. The van der Waals surface area contributed by atoms with E-state index in [1.54, 1.807) is 0 Å². The number of rotatable bonds is 4. The highest BCUT2D eigenvalue weighted by Gasteiger charge is 2.43. The Labute approximate surface area is 138 Å². The molecular weight excluding hydrogens is 286 g/mol. The highest BCUT2D eigenvalue weighted by atomic mass is 16.5. The minimum Gasteiger partial charge on any atom is -0.361 e. The standard InChI is InChI=1S/C19H25N3O/c1-14-18(15(2)23-20-14)13-21-8-10-22(11-9-21)19-12-17(19)16-6-4-3-5-7-16/h3-7,17,19H,8-13H2,1-2H3/t17-,19-/m1/s1. The fourth-order valence-electron chi connectivity index (χ4n) is 3.85. The van der Waals surface area contributed by atoms with E-state index in [0.29, 0.717) is 0 Å². The number of benzene rings is 1. The van der Waals surface area contributed by atoms with Gasteiger partial charge in [0.1, 0.15) is 5.76 Å². The van der Waals surface area contributed by atoms with Crippen molar-refractivity contribution < 1.29 is 4.52 Å². The third-order valence-corrected chi connectivity index (χ3v) is 5.42. The fraction of sp³-hybridized carbons (Fsp3) is 0.526. The molecule has 0 unspecified atom stereocenters. The Balaban J connectivity index is 1.30. The summed E-state index contributed by atoms with van der Waals surface area (Å²) in [4.78, 5) is 5.21. The second-order valence-corrected chi connectivity index (χ2v) is 6.94. The molecule has 0 amide bonds. The van der Waals surface area contributed by atoms with Gasteiger partial charge >= 0.3 is 0 Å². The molecule has 0 bridgehead atoms. The summed E-state index contributed by atoms with van der Waals surface area (Å²) < 4.78 is 5.28. The summed E-state index contributed by atoms with van der Waals surface area (Å²) in [6.45, 7) is 9.66. The molecule has 2 aliphatic rings. The van der Waals surface area contributed by atoms with Crippen molar-refractivity contribution in [1.82, 2.24) is 15.0 Å². The molecule has 1 aliphatic heterocycles. The van der Waals surface area contributed by atoms with E-state index in [-0.39, 0.29) is 0 Å². The predicted molar refractivity (Wildman–Crippen MR) is 90.4 cm³/mol. The maximum Gasteiger partial charge on any atom is 0.138 e. The number of nitrogens with zero attached hydrogens (tertiary/aromatic N) is 3. The second kappa shape index (κ2) is 6.10. The zero-order valence-corrected chi connectivity index (χ0v) is 14.0. The molecule has 1 saturated heterocycles. The third-order valence-electron chi connectivity index (χ3n) is 5.42. The Morgan fingerprint density at radius 1 is 1.09 bits per heavy atom. The molecule has 23 heavy (non-hydrogen) atoms. The summed E-state index contributed by atoms with van der Waals surface area (Å²) in [6.07, 6.45) is 1.33. The second-order valence-electron chi connectivity index (χ2n) is 6.94. The van der Waals surface area contributed by atoms with Gasteiger partial charge in [0.2, 0.25) is 0 Å². The van der Waals surface area contributed by atoms with Gasteiger partial charge in [0.05, 0.1) is 5.69 Å². The first-order valence-corrected chi connectivity index (χ1v) is 8.65. The summed E-state index contributed by atoms with van der Waals surface area (Å²) in [5, 5.41) is 4.07. The van der Waals surface area contributed by atoms with Crippen LogP contribution in [0.1, 0.15) is 34.9 Å². The molecular formula is C19H25N3O. The Kier molecular flexibility index (Phi) is 3.95. The molecule has 1 aromatic carbocycles. The number of piperazine rings is 1. The zero-order chi connectivity index (χ0) is 15.8. The van der Waals surface area contributed by atoms with Gasteiger partial charge in [-0.1, -0.05) is 35.5 Å². The highest BCUT2D eigenvalue weighted by molar-refractivity contribution is 5.28. The molecule has 0 N–H and O–H groups in total. The van der Waals surface area contributed by atoms with Crippen molar-refractivity contribution in [2.45, 2.75) is 38.8 Å². The summed E-state index contributed by atoms with van der Waals surface area (Å²) in [5.74, 6) is 1.72. The molecule has 4 rings (SSSR count). The van der Waals surface area contributed by atoms with Crippen molar-refractivity contribution in [3.63, 3.8) is 0 Å². The van der Waals surface area contributed by atoms with Crippen molar-refractivity contribution >= 4 is 0 Å². The molecule has 122 valence electrons. The molecule has 2 fully saturated rings. The zero-order valence-electron chi connectivity index (χ0n) is 14.0. The molecule has 1 aromatic heterocycles. The van der Waals surface area contributed by atoms with Gasteiger partial charge in [-0.25, -0.2) is 0 Å². The minimum absolute atomic E-state index is 0.755. The van der Waals surface area contributed by atoms with Crippen LogP contribution in [0, 0.1) is 13.8 Å². The van der Waals surface area contributed by atoms with Crippen molar-refractivity contribution in [2.24, 2.45) is 0 Å². The van der Waals surface area contributed by atoms with Crippen LogP contribution in [0.2, 0.25) is 0 Å². The Morgan fingerprint density at radius 3 is 2.48 bits per heavy atom. The fourth-order valence-corrected chi connectivity index (χ4v) is 3.85. The van der Waals surface area contributed by atoms with Gasteiger partial charge in [-0.05, 0) is 25.8 Å². The van der Waals surface area contributed by atoms with Crippen LogP contribution in [0.3, 0.4) is 0 Å². The number of aromatic nitrogens is 1. The Morgan fingerprint density at radius 2 is 1.83 bits per heavy atom. The SMILES string of the molecule is Cc1noc(C)c1CN1CCN([C@@H]2C[C@@H]2c2ccccc2)CC1. The van der Waals surface area contributed by atoms with Gasteiger partial charge in [0, 0.05) is 50.2 Å². The van der Waals surface area contributed by atoms with Crippen molar-refractivity contribution in [3.05, 3.63) is 52.9 Å². The van der Waals surface area contributed by atoms with E-state index in [1.807, 2.05) is 13.8 Å². The van der Waals surface area contributed by atoms with Crippen LogP contribution in [-0.2, 0) is 6.54 Å². The average molecular weight is 311 g/mol. The Bertz CT molecular complexity index is 639. The van der Waals surface area contributed by atoms with E-state index in [4.69, 9.17) is 4.52 Å². The van der Waals surface area contributed by atoms with E-state index < -0.39 is 0 Å². The van der Waals surface area contributed by atoms with Crippen LogP contribution in [0.15, 0.2) is 34.9 Å².